The Bertz CT molecular complexity index is 1110. The van der Waals surface area contributed by atoms with Gasteiger partial charge in [0, 0.05) is 6.07 Å². The number of hydrazone groups is 1. The molecule has 0 aromatic heterocycles. The molecule has 8 nitrogen and oxygen atoms in total. The summed E-state index contributed by atoms with van der Waals surface area (Å²) in [5.41, 5.74) is 6.48. The van der Waals surface area contributed by atoms with E-state index in [-0.39, 0.29) is 17.1 Å². The molecule has 0 saturated heterocycles. The number of rotatable bonds is 9. The minimum atomic E-state index is -0.630. The molecule has 5 unspecified atom stereocenters. The summed E-state index contributed by atoms with van der Waals surface area (Å²) in [6.07, 6.45) is 10.9. The van der Waals surface area contributed by atoms with Crippen molar-refractivity contribution < 1.29 is 9.85 Å². The average Bonchev–Trinajstić information content (AvgIpc) is 3.20. The van der Waals surface area contributed by atoms with E-state index in [0.717, 1.165) is 54.7 Å². The van der Waals surface area contributed by atoms with E-state index in [0.29, 0.717) is 11.3 Å². The zero-order chi connectivity index (χ0) is 26.9. The number of nitro groups is 2. The third kappa shape index (κ3) is 5.43. The molecule has 2 saturated carbocycles. The van der Waals surface area contributed by atoms with Crippen LogP contribution in [0.1, 0.15) is 92.4 Å². The van der Waals surface area contributed by atoms with Gasteiger partial charge in [0.1, 0.15) is 5.69 Å². The van der Waals surface area contributed by atoms with E-state index in [1.54, 1.807) is 0 Å². The van der Waals surface area contributed by atoms with E-state index in [4.69, 9.17) is 0 Å². The fourth-order valence-electron chi connectivity index (χ4n) is 7.79. The SMILES string of the molecule is CC1=C2CCC3(C)C(C(C)CCCC(C)C)CCC3C2CCC1=NNc1ccc([N+](=O)[O-])cc1[N+](=O)[O-]. The molecule has 4 rings (SSSR count). The Morgan fingerprint density at radius 2 is 1.84 bits per heavy atom. The highest BCUT2D eigenvalue weighted by Gasteiger charge is 2.54. The van der Waals surface area contributed by atoms with Gasteiger partial charge in [-0.05, 0) is 92.1 Å². The molecule has 2 fully saturated rings. The van der Waals surface area contributed by atoms with Crippen LogP contribution in [0, 0.1) is 55.2 Å². The highest BCUT2D eigenvalue weighted by Crippen LogP contribution is 2.63. The first-order valence-electron chi connectivity index (χ1n) is 14.0. The predicted molar refractivity (Wildman–Crippen MR) is 148 cm³/mol. The van der Waals surface area contributed by atoms with Gasteiger partial charge < -0.3 is 0 Å². The Hall–Kier alpha value is -2.77. The van der Waals surface area contributed by atoms with E-state index >= 15 is 0 Å². The summed E-state index contributed by atoms with van der Waals surface area (Å²) in [6.45, 7) is 11.8. The van der Waals surface area contributed by atoms with Crippen molar-refractivity contribution in [3.63, 3.8) is 0 Å². The average molecular weight is 511 g/mol. The fraction of sp³-hybridized carbons (Fsp3) is 0.690. The third-order valence-electron chi connectivity index (χ3n) is 9.78. The molecule has 0 amide bonds. The van der Waals surface area contributed by atoms with Gasteiger partial charge in [0.2, 0.25) is 0 Å². The van der Waals surface area contributed by atoms with Crippen molar-refractivity contribution in [1.29, 1.82) is 0 Å². The first-order valence-corrected chi connectivity index (χ1v) is 14.0. The molecule has 1 aromatic rings. The molecule has 0 heterocycles. The van der Waals surface area contributed by atoms with Crippen molar-refractivity contribution in [2.75, 3.05) is 5.43 Å². The van der Waals surface area contributed by atoms with Gasteiger partial charge in [-0.25, -0.2) is 0 Å². The van der Waals surface area contributed by atoms with Crippen LogP contribution in [0.3, 0.4) is 0 Å². The zero-order valence-corrected chi connectivity index (χ0v) is 23.0. The lowest BCUT2D eigenvalue weighted by Gasteiger charge is -2.49. The van der Waals surface area contributed by atoms with E-state index in [9.17, 15) is 20.2 Å². The van der Waals surface area contributed by atoms with Crippen LogP contribution in [0.25, 0.3) is 0 Å². The second-order valence-corrected chi connectivity index (χ2v) is 12.3. The van der Waals surface area contributed by atoms with Gasteiger partial charge in [-0.3, -0.25) is 25.7 Å². The second kappa shape index (κ2) is 10.9. The molecule has 0 spiro atoms. The van der Waals surface area contributed by atoms with Gasteiger partial charge in [-0.15, -0.1) is 0 Å². The summed E-state index contributed by atoms with van der Waals surface area (Å²) in [5, 5.41) is 27.1. The maximum absolute atomic E-state index is 11.5. The molecule has 202 valence electrons. The molecule has 5 atom stereocenters. The smallest absolute Gasteiger partial charge is 0.271 e. The summed E-state index contributed by atoms with van der Waals surface area (Å²) < 4.78 is 0. The Morgan fingerprint density at radius 3 is 2.51 bits per heavy atom. The number of non-ortho nitro benzene ring substituents is 1. The number of nitro benzene ring substituents is 2. The second-order valence-electron chi connectivity index (χ2n) is 12.3. The Balaban J connectivity index is 1.49. The van der Waals surface area contributed by atoms with Crippen LogP contribution in [-0.2, 0) is 0 Å². The van der Waals surface area contributed by atoms with Crippen LogP contribution in [0.2, 0.25) is 0 Å². The van der Waals surface area contributed by atoms with Crippen LogP contribution in [0.5, 0.6) is 0 Å². The molecule has 0 bridgehead atoms. The molecular weight excluding hydrogens is 468 g/mol. The van der Waals surface area contributed by atoms with E-state index in [2.05, 4.69) is 45.1 Å². The fourth-order valence-corrected chi connectivity index (χ4v) is 7.79. The molecule has 0 radical (unpaired) electrons. The number of hydrogen-bond donors (Lipinski definition) is 1. The summed E-state index contributed by atoms with van der Waals surface area (Å²) in [6, 6.07) is 3.61. The normalized spacial score (nSPS) is 29.2. The van der Waals surface area contributed by atoms with Crippen LogP contribution >= 0.6 is 0 Å². The minimum Gasteiger partial charge on any atom is -0.271 e. The van der Waals surface area contributed by atoms with E-state index in [1.807, 2.05) is 0 Å². The maximum atomic E-state index is 11.5. The number of hydrogen-bond acceptors (Lipinski definition) is 6. The van der Waals surface area contributed by atoms with Crippen molar-refractivity contribution >= 4 is 22.8 Å². The lowest BCUT2D eigenvalue weighted by Crippen LogP contribution is -2.42. The first-order chi connectivity index (χ1) is 17.5. The van der Waals surface area contributed by atoms with Gasteiger partial charge >= 0.3 is 5.69 Å². The van der Waals surface area contributed by atoms with Crippen molar-refractivity contribution in [3.05, 3.63) is 49.6 Å². The summed E-state index contributed by atoms with van der Waals surface area (Å²) >= 11 is 0. The van der Waals surface area contributed by atoms with Crippen molar-refractivity contribution in [2.24, 2.45) is 40.1 Å². The number of fused-ring (bicyclic) bond motifs is 3. The van der Waals surface area contributed by atoms with E-state index in [1.165, 1.54) is 61.8 Å². The molecule has 0 aliphatic heterocycles. The van der Waals surface area contributed by atoms with Crippen molar-refractivity contribution in [2.45, 2.75) is 92.4 Å². The Morgan fingerprint density at radius 1 is 1.08 bits per heavy atom. The van der Waals surface area contributed by atoms with Crippen LogP contribution in [0.15, 0.2) is 34.4 Å². The van der Waals surface area contributed by atoms with Crippen LogP contribution in [0.4, 0.5) is 17.1 Å². The van der Waals surface area contributed by atoms with Gasteiger partial charge in [0.05, 0.1) is 21.6 Å². The number of anilines is 1. The van der Waals surface area contributed by atoms with Gasteiger partial charge in [0.15, 0.2) is 0 Å². The number of allylic oxidation sites excluding steroid dienone is 2. The molecule has 3 aliphatic rings. The monoisotopic (exact) mass is 510 g/mol. The topological polar surface area (TPSA) is 111 Å². The summed E-state index contributed by atoms with van der Waals surface area (Å²) in [4.78, 5) is 21.3. The lowest BCUT2D eigenvalue weighted by molar-refractivity contribution is -0.393. The molecular formula is C29H42N4O4. The molecule has 37 heavy (non-hydrogen) atoms. The molecule has 3 aliphatic carbocycles. The maximum Gasteiger partial charge on any atom is 0.301 e. The van der Waals surface area contributed by atoms with E-state index < -0.39 is 9.85 Å². The van der Waals surface area contributed by atoms with Gasteiger partial charge in [0.25, 0.3) is 5.69 Å². The summed E-state index contributed by atoms with van der Waals surface area (Å²) in [7, 11) is 0. The quantitative estimate of drug-likeness (QED) is 0.265. The van der Waals surface area contributed by atoms with Crippen molar-refractivity contribution in [1.82, 2.24) is 0 Å². The highest BCUT2D eigenvalue weighted by atomic mass is 16.6. The number of nitrogens with one attached hydrogen (secondary N) is 1. The number of benzene rings is 1. The Labute approximate surface area is 220 Å². The standard InChI is InChI=1S/C29H42N4O4/c1-18(2)7-6-8-19(3)24-11-12-25-23-10-14-26(20(4)22(23)15-16-29(24,25)5)30-31-27-13-9-21(32(34)35)17-28(27)33(36)37/h9,13,17-19,23-25,31H,6-8,10-12,14-16H2,1-5H3. The Kier molecular flexibility index (Phi) is 8.05. The van der Waals surface area contributed by atoms with Crippen molar-refractivity contribution in [3.8, 4) is 0 Å². The zero-order valence-electron chi connectivity index (χ0n) is 23.0. The number of nitrogens with zero attached hydrogens (tertiary/aromatic N) is 3. The van der Waals surface area contributed by atoms with Crippen LogP contribution < -0.4 is 5.43 Å². The molecule has 1 N–H and O–H groups in total. The van der Waals surface area contributed by atoms with Gasteiger partial charge in [-0.2, -0.15) is 5.10 Å². The predicted octanol–water partition coefficient (Wildman–Crippen LogP) is 8.29. The largest absolute Gasteiger partial charge is 0.301 e. The minimum absolute atomic E-state index is 0.171. The lowest BCUT2D eigenvalue weighted by atomic mass is 9.55. The molecule has 1 aromatic carbocycles. The summed E-state index contributed by atoms with van der Waals surface area (Å²) in [5.74, 6) is 3.71. The van der Waals surface area contributed by atoms with Crippen LogP contribution in [-0.4, -0.2) is 15.6 Å². The van der Waals surface area contributed by atoms with Gasteiger partial charge in [-0.1, -0.05) is 52.5 Å². The third-order valence-corrected chi connectivity index (χ3v) is 9.78. The molecule has 8 heteroatoms. The first kappa shape index (κ1) is 27.3. The highest BCUT2D eigenvalue weighted by molar-refractivity contribution is 6.01.